The van der Waals surface area contributed by atoms with Gasteiger partial charge in [0.25, 0.3) is 0 Å². The number of carbonyl (C=O) groups excluding carboxylic acids is 1. The lowest BCUT2D eigenvalue weighted by Gasteiger charge is -2.18. The molecule has 74 valence electrons. The molecule has 0 saturated carbocycles. The Morgan fingerprint density at radius 1 is 1.50 bits per heavy atom. The maximum Gasteiger partial charge on any atom is 0.150 e. The van der Waals surface area contributed by atoms with Crippen molar-refractivity contribution in [1.82, 2.24) is 0 Å². The summed E-state index contributed by atoms with van der Waals surface area (Å²) in [5.41, 5.74) is 1.90. The van der Waals surface area contributed by atoms with Crippen molar-refractivity contribution in [2.45, 2.75) is 0 Å². The fourth-order valence-corrected chi connectivity index (χ4v) is 3.07. The Morgan fingerprint density at radius 2 is 2.36 bits per heavy atom. The van der Waals surface area contributed by atoms with Gasteiger partial charge in [-0.1, -0.05) is 0 Å². The van der Waals surface area contributed by atoms with Crippen LogP contribution in [0.25, 0.3) is 0 Å². The van der Waals surface area contributed by atoms with Gasteiger partial charge in [-0.05, 0) is 34.1 Å². The van der Waals surface area contributed by atoms with E-state index in [1.165, 1.54) is 11.4 Å². The normalized spacial score (nSPS) is 15.9. The lowest BCUT2D eigenvalue weighted by Crippen LogP contribution is -2.18. The van der Waals surface area contributed by atoms with E-state index in [1.807, 2.05) is 30.0 Å². The summed E-state index contributed by atoms with van der Waals surface area (Å²) < 4.78 is 1.00. The lowest BCUT2D eigenvalue weighted by molar-refractivity contribution is 0.112. The predicted octanol–water partition coefficient (Wildman–Crippen LogP) is 2.77. The molecule has 1 fully saturated rings. The minimum Gasteiger partial charge on any atom is -0.361 e. The molecule has 1 aliphatic rings. The summed E-state index contributed by atoms with van der Waals surface area (Å²) in [6, 6.07) is 5.72. The van der Waals surface area contributed by atoms with Crippen LogP contribution in [0.4, 0.5) is 5.69 Å². The van der Waals surface area contributed by atoms with Gasteiger partial charge in [-0.2, -0.15) is 0 Å². The van der Waals surface area contributed by atoms with Gasteiger partial charge >= 0.3 is 0 Å². The van der Waals surface area contributed by atoms with Crippen LogP contribution >= 0.6 is 27.7 Å². The smallest absolute Gasteiger partial charge is 0.150 e. The summed E-state index contributed by atoms with van der Waals surface area (Å²) >= 11 is 5.42. The van der Waals surface area contributed by atoms with E-state index in [0.717, 1.165) is 23.2 Å². The highest BCUT2D eigenvalue weighted by atomic mass is 79.9. The largest absolute Gasteiger partial charge is 0.361 e. The average Bonchev–Trinajstić information content (AvgIpc) is 2.70. The van der Waals surface area contributed by atoms with Gasteiger partial charge in [0.15, 0.2) is 0 Å². The molecule has 0 aliphatic carbocycles. The van der Waals surface area contributed by atoms with E-state index in [1.54, 1.807) is 0 Å². The molecule has 1 saturated heterocycles. The minimum atomic E-state index is 0.715. The molecule has 1 heterocycles. The SMILES string of the molecule is O=Cc1ccc(N2CCSC2)c(Br)c1. The summed E-state index contributed by atoms with van der Waals surface area (Å²) in [6.45, 7) is 1.09. The van der Waals surface area contributed by atoms with Gasteiger partial charge in [-0.3, -0.25) is 4.79 Å². The van der Waals surface area contributed by atoms with Crippen molar-refractivity contribution in [2.75, 3.05) is 23.1 Å². The standard InChI is InChI=1S/C10H10BrNOS/c11-9-5-8(6-13)1-2-10(9)12-3-4-14-7-12/h1-2,5-6H,3-4,7H2. The van der Waals surface area contributed by atoms with E-state index in [2.05, 4.69) is 20.8 Å². The number of hydrogen-bond donors (Lipinski definition) is 0. The number of carbonyl (C=O) groups is 1. The molecule has 1 aliphatic heterocycles. The molecule has 0 atom stereocenters. The first-order valence-electron chi connectivity index (χ1n) is 4.38. The lowest BCUT2D eigenvalue weighted by atomic mass is 10.2. The van der Waals surface area contributed by atoms with Gasteiger partial charge in [0.1, 0.15) is 6.29 Å². The van der Waals surface area contributed by atoms with Crippen LogP contribution in [-0.4, -0.2) is 24.5 Å². The molecule has 1 aromatic rings. The average molecular weight is 272 g/mol. The van der Waals surface area contributed by atoms with Crippen molar-refractivity contribution in [3.05, 3.63) is 28.2 Å². The number of rotatable bonds is 2. The third-order valence-electron chi connectivity index (χ3n) is 2.20. The van der Waals surface area contributed by atoms with E-state index in [4.69, 9.17) is 0 Å². The summed E-state index contributed by atoms with van der Waals surface area (Å²) in [5, 5.41) is 0. The molecule has 0 aromatic heterocycles. The molecule has 1 aromatic carbocycles. The van der Waals surface area contributed by atoms with Crippen molar-refractivity contribution >= 4 is 39.7 Å². The second-order valence-electron chi connectivity index (χ2n) is 3.13. The first-order chi connectivity index (χ1) is 6.81. The maximum atomic E-state index is 10.6. The number of thioether (sulfide) groups is 1. The second kappa shape index (κ2) is 4.36. The number of nitrogens with zero attached hydrogens (tertiary/aromatic N) is 1. The van der Waals surface area contributed by atoms with Crippen LogP contribution in [0.5, 0.6) is 0 Å². The van der Waals surface area contributed by atoms with Gasteiger partial charge in [-0.25, -0.2) is 0 Å². The van der Waals surface area contributed by atoms with Crippen LogP contribution in [-0.2, 0) is 0 Å². The van der Waals surface area contributed by atoms with Crippen LogP contribution < -0.4 is 4.90 Å². The number of hydrogen-bond acceptors (Lipinski definition) is 3. The molecule has 2 rings (SSSR count). The van der Waals surface area contributed by atoms with Gasteiger partial charge in [0.2, 0.25) is 0 Å². The molecule has 0 N–H and O–H groups in total. The Bertz CT molecular complexity index is 350. The third-order valence-corrected chi connectivity index (χ3v) is 3.80. The van der Waals surface area contributed by atoms with Crippen LogP contribution in [0.2, 0.25) is 0 Å². The molecule has 2 nitrogen and oxygen atoms in total. The monoisotopic (exact) mass is 271 g/mol. The van der Waals surface area contributed by atoms with Gasteiger partial charge in [-0.15, -0.1) is 11.8 Å². The van der Waals surface area contributed by atoms with Crippen molar-refractivity contribution in [2.24, 2.45) is 0 Å². The highest BCUT2D eigenvalue weighted by Gasteiger charge is 2.15. The Hall–Kier alpha value is -0.480. The first kappa shape index (κ1) is 10.1. The Morgan fingerprint density at radius 3 is 2.93 bits per heavy atom. The summed E-state index contributed by atoms with van der Waals surface area (Å²) in [7, 11) is 0. The molecule has 0 bridgehead atoms. The van der Waals surface area contributed by atoms with Crippen molar-refractivity contribution in [3.8, 4) is 0 Å². The number of halogens is 1. The summed E-state index contributed by atoms with van der Waals surface area (Å²) in [5.74, 6) is 2.22. The van der Waals surface area contributed by atoms with Crippen LogP contribution in [0.3, 0.4) is 0 Å². The van der Waals surface area contributed by atoms with Crippen LogP contribution in [0.15, 0.2) is 22.7 Å². The molecule has 0 radical (unpaired) electrons. The third kappa shape index (κ3) is 1.96. The Balaban J connectivity index is 2.29. The molecular weight excluding hydrogens is 262 g/mol. The molecule has 14 heavy (non-hydrogen) atoms. The number of anilines is 1. The zero-order chi connectivity index (χ0) is 9.97. The van der Waals surface area contributed by atoms with Gasteiger partial charge in [0.05, 0.1) is 11.6 Å². The maximum absolute atomic E-state index is 10.6. The Kier molecular flexibility index (Phi) is 3.13. The molecule has 0 unspecified atom stereocenters. The zero-order valence-corrected chi connectivity index (χ0v) is 9.97. The second-order valence-corrected chi connectivity index (χ2v) is 5.06. The topological polar surface area (TPSA) is 20.3 Å². The zero-order valence-electron chi connectivity index (χ0n) is 7.57. The van der Waals surface area contributed by atoms with Crippen LogP contribution in [0.1, 0.15) is 10.4 Å². The van der Waals surface area contributed by atoms with Crippen molar-refractivity contribution in [1.29, 1.82) is 0 Å². The van der Waals surface area contributed by atoms with Gasteiger partial charge < -0.3 is 4.90 Å². The summed E-state index contributed by atoms with van der Waals surface area (Å²) in [6.07, 6.45) is 0.868. The van der Waals surface area contributed by atoms with E-state index in [-0.39, 0.29) is 0 Å². The fourth-order valence-electron chi connectivity index (χ4n) is 1.46. The predicted molar refractivity (Wildman–Crippen MR) is 64.2 cm³/mol. The highest BCUT2D eigenvalue weighted by molar-refractivity contribution is 9.10. The minimum absolute atomic E-state index is 0.715. The highest BCUT2D eigenvalue weighted by Crippen LogP contribution is 2.30. The molecule has 0 spiro atoms. The van der Waals surface area contributed by atoms with E-state index >= 15 is 0 Å². The molecule has 0 amide bonds. The number of benzene rings is 1. The van der Waals surface area contributed by atoms with Gasteiger partial charge in [0, 0.05) is 22.3 Å². The van der Waals surface area contributed by atoms with E-state index < -0.39 is 0 Å². The van der Waals surface area contributed by atoms with Crippen molar-refractivity contribution in [3.63, 3.8) is 0 Å². The number of aldehydes is 1. The first-order valence-corrected chi connectivity index (χ1v) is 6.33. The Labute approximate surface area is 95.8 Å². The van der Waals surface area contributed by atoms with E-state index in [9.17, 15) is 4.79 Å². The fraction of sp³-hybridized carbons (Fsp3) is 0.300. The summed E-state index contributed by atoms with van der Waals surface area (Å²) in [4.78, 5) is 12.9. The molecule has 4 heteroatoms. The van der Waals surface area contributed by atoms with Crippen LogP contribution in [0, 0.1) is 0 Å². The van der Waals surface area contributed by atoms with E-state index in [0.29, 0.717) is 5.56 Å². The van der Waals surface area contributed by atoms with Crippen molar-refractivity contribution < 1.29 is 4.79 Å². The quantitative estimate of drug-likeness (QED) is 0.772. The molecular formula is C10H10BrNOS.